The molecule has 2 aromatic rings. The fourth-order valence-electron chi connectivity index (χ4n) is 4.15. The standard InChI is InChI=1S/C24H32ClN3O4S/c1-27(2)14-7-15-28(20-9-4-3-5-10-20)33(31,32)21-11-6-8-18(16-21)24(30)26-22-17-19(25)12-13-23(22)29/h6,8,11-13,16-17,20,29H,3-5,7,9-10,14-15H2,1-2H3,(H,26,30). The third-order valence-electron chi connectivity index (χ3n) is 5.88. The van der Waals surface area contributed by atoms with E-state index in [2.05, 4.69) is 5.32 Å². The highest BCUT2D eigenvalue weighted by molar-refractivity contribution is 7.89. The van der Waals surface area contributed by atoms with Crippen LogP contribution in [0.3, 0.4) is 0 Å². The minimum absolute atomic E-state index is 0.0215. The normalized spacial score (nSPS) is 15.2. The molecule has 0 saturated heterocycles. The van der Waals surface area contributed by atoms with Crippen LogP contribution in [0.1, 0.15) is 48.9 Å². The molecule has 1 aliphatic rings. The Labute approximate surface area is 201 Å². The summed E-state index contributed by atoms with van der Waals surface area (Å²) in [6, 6.07) is 10.4. The van der Waals surface area contributed by atoms with Crippen LogP contribution in [0.2, 0.25) is 5.02 Å². The number of phenols is 1. The highest BCUT2D eigenvalue weighted by Crippen LogP contribution is 2.30. The zero-order chi connectivity index (χ0) is 24.0. The number of rotatable bonds is 9. The Hall–Kier alpha value is -2.13. The number of hydrogen-bond acceptors (Lipinski definition) is 5. The maximum atomic E-state index is 13.7. The molecule has 0 radical (unpaired) electrons. The van der Waals surface area contributed by atoms with Gasteiger partial charge < -0.3 is 15.3 Å². The Kier molecular flexibility index (Phi) is 8.75. The van der Waals surface area contributed by atoms with E-state index in [0.717, 1.165) is 45.1 Å². The van der Waals surface area contributed by atoms with Crippen LogP contribution >= 0.6 is 11.6 Å². The highest BCUT2D eigenvalue weighted by Gasteiger charge is 2.32. The quantitative estimate of drug-likeness (QED) is 0.499. The lowest BCUT2D eigenvalue weighted by Crippen LogP contribution is -2.42. The predicted octanol–water partition coefficient (Wildman–Crippen LogP) is 4.57. The lowest BCUT2D eigenvalue weighted by Gasteiger charge is -2.33. The number of nitrogens with one attached hydrogen (secondary N) is 1. The zero-order valence-corrected chi connectivity index (χ0v) is 20.7. The second-order valence-corrected chi connectivity index (χ2v) is 11.0. The lowest BCUT2D eigenvalue weighted by atomic mass is 9.95. The number of nitrogens with zero attached hydrogens (tertiary/aromatic N) is 2. The molecular formula is C24H32ClN3O4S. The number of halogens is 1. The van der Waals surface area contributed by atoms with Gasteiger partial charge in [-0.15, -0.1) is 0 Å². The van der Waals surface area contributed by atoms with Gasteiger partial charge in [0.2, 0.25) is 10.0 Å². The molecule has 0 atom stereocenters. The summed E-state index contributed by atoms with van der Waals surface area (Å²) >= 11 is 5.95. The van der Waals surface area contributed by atoms with E-state index in [0.29, 0.717) is 11.6 Å². The molecule has 2 aromatic carbocycles. The number of phenolic OH excluding ortho intramolecular Hbond substituents is 1. The largest absolute Gasteiger partial charge is 0.506 e. The van der Waals surface area contributed by atoms with E-state index in [-0.39, 0.29) is 27.9 Å². The van der Waals surface area contributed by atoms with Gasteiger partial charge in [0, 0.05) is 23.2 Å². The monoisotopic (exact) mass is 493 g/mol. The van der Waals surface area contributed by atoms with Crippen molar-refractivity contribution in [3.63, 3.8) is 0 Å². The maximum Gasteiger partial charge on any atom is 0.255 e. The van der Waals surface area contributed by atoms with E-state index >= 15 is 0 Å². The Bertz CT molecular complexity index is 1070. The minimum atomic E-state index is -3.78. The number of carbonyl (C=O) groups excluding carboxylic acids is 1. The first-order valence-corrected chi connectivity index (χ1v) is 13.1. The molecule has 0 heterocycles. The smallest absolute Gasteiger partial charge is 0.255 e. The van der Waals surface area contributed by atoms with Gasteiger partial charge in [-0.1, -0.05) is 36.9 Å². The topological polar surface area (TPSA) is 90.0 Å². The van der Waals surface area contributed by atoms with Crippen molar-refractivity contribution in [2.24, 2.45) is 0 Å². The summed E-state index contributed by atoms with van der Waals surface area (Å²) in [5.74, 6) is -0.651. The molecule has 3 rings (SSSR count). The van der Waals surface area contributed by atoms with Crippen LogP contribution < -0.4 is 5.32 Å². The first-order valence-electron chi connectivity index (χ1n) is 11.2. The van der Waals surface area contributed by atoms with E-state index < -0.39 is 15.9 Å². The summed E-state index contributed by atoms with van der Waals surface area (Å²) < 4.78 is 29.0. The third kappa shape index (κ3) is 6.69. The Morgan fingerprint density at radius 1 is 1.09 bits per heavy atom. The summed E-state index contributed by atoms with van der Waals surface area (Å²) in [5, 5.41) is 12.9. The Morgan fingerprint density at radius 3 is 2.52 bits per heavy atom. The van der Waals surface area contributed by atoms with E-state index in [1.165, 1.54) is 30.3 Å². The summed E-state index contributed by atoms with van der Waals surface area (Å²) in [5.41, 5.74) is 0.348. The summed E-state index contributed by atoms with van der Waals surface area (Å²) in [4.78, 5) is 14.9. The molecule has 0 aromatic heterocycles. The van der Waals surface area contributed by atoms with Crippen LogP contribution in [0.15, 0.2) is 47.4 Å². The van der Waals surface area contributed by atoms with Crippen LogP contribution in [-0.2, 0) is 10.0 Å². The molecule has 1 aliphatic carbocycles. The van der Waals surface area contributed by atoms with Gasteiger partial charge in [-0.3, -0.25) is 4.79 Å². The van der Waals surface area contributed by atoms with E-state index in [9.17, 15) is 18.3 Å². The van der Waals surface area contributed by atoms with E-state index in [1.54, 1.807) is 16.4 Å². The second kappa shape index (κ2) is 11.3. The number of anilines is 1. The molecule has 7 nitrogen and oxygen atoms in total. The highest BCUT2D eigenvalue weighted by atomic mass is 35.5. The van der Waals surface area contributed by atoms with Crippen LogP contribution in [0, 0.1) is 0 Å². The molecule has 1 saturated carbocycles. The van der Waals surface area contributed by atoms with E-state index in [4.69, 9.17) is 11.6 Å². The fourth-order valence-corrected chi connectivity index (χ4v) is 6.09. The maximum absolute atomic E-state index is 13.7. The van der Waals surface area contributed by atoms with Gasteiger partial charge in [-0.05, 0) is 76.3 Å². The van der Waals surface area contributed by atoms with Gasteiger partial charge in [-0.2, -0.15) is 4.31 Å². The summed E-state index contributed by atoms with van der Waals surface area (Å²) in [7, 11) is 0.165. The van der Waals surface area contributed by atoms with Crippen molar-refractivity contribution in [2.45, 2.75) is 49.5 Å². The predicted molar refractivity (Wildman–Crippen MR) is 131 cm³/mol. The number of benzene rings is 2. The van der Waals surface area contributed by atoms with Gasteiger partial charge in [0.15, 0.2) is 0 Å². The molecule has 0 unspecified atom stereocenters. The van der Waals surface area contributed by atoms with Crippen LogP contribution in [0.4, 0.5) is 5.69 Å². The molecule has 0 aliphatic heterocycles. The van der Waals surface area contributed by atoms with Crippen LogP contribution in [-0.4, -0.2) is 61.9 Å². The summed E-state index contributed by atoms with van der Waals surface area (Å²) in [6.45, 7) is 1.24. The molecule has 0 spiro atoms. The van der Waals surface area contributed by atoms with Crippen molar-refractivity contribution in [3.8, 4) is 5.75 Å². The fraction of sp³-hybridized carbons (Fsp3) is 0.458. The van der Waals surface area contributed by atoms with Gasteiger partial charge in [0.05, 0.1) is 10.6 Å². The number of carbonyl (C=O) groups is 1. The van der Waals surface area contributed by atoms with Gasteiger partial charge in [0.25, 0.3) is 5.91 Å². The molecule has 0 bridgehead atoms. The first-order chi connectivity index (χ1) is 15.7. The number of sulfonamides is 1. The Balaban J connectivity index is 1.85. The molecule has 1 amide bonds. The van der Waals surface area contributed by atoms with Crippen LogP contribution in [0.25, 0.3) is 0 Å². The van der Waals surface area contributed by atoms with Crippen LogP contribution in [0.5, 0.6) is 5.75 Å². The van der Waals surface area contributed by atoms with Gasteiger partial charge in [-0.25, -0.2) is 8.42 Å². The molecule has 9 heteroatoms. The van der Waals surface area contributed by atoms with Crippen molar-refractivity contribution in [1.29, 1.82) is 0 Å². The second-order valence-electron chi connectivity index (χ2n) is 8.71. The molecule has 33 heavy (non-hydrogen) atoms. The number of amides is 1. The van der Waals surface area contributed by atoms with Gasteiger partial charge in [0.1, 0.15) is 5.75 Å². The van der Waals surface area contributed by atoms with E-state index in [1.807, 2.05) is 19.0 Å². The average Bonchev–Trinajstić information content (AvgIpc) is 2.79. The lowest BCUT2D eigenvalue weighted by molar-refractivity contribution is 0.102. The molecule has 2 N–H and O–H groups in total. The molecular weight excluding hydrogens is 462 g/mol. The zero-order valence-electron chi connectivity index (χ0n) is 19.1. The molecule has 1 fully saturated rings. The average molecular weight is 494 g/mol. The third-order valence-corrected chi connectivity index (χ3v) is 8.06. The van der Waals surface area contributed by atoms with Crippen molar-refractivity contribution in [1.82, 2.24) is 9.21 Å². The van der Waals surface area contributed by atoms with Crippen molar-refractivity contribution in [3.05, 3.63) is 53.1 Å². The number of hydrogen-bond donors (Lipinski definition) is 2. The van der Waals surface area contributed by atoms with Gasteiger partial charge >= 0.3 is 0 Å². The molecule has 180 valence electrons. The van der Waals surface area contributed by atoms with Crippen molar-refractivity contribution >= 4 is 33.2 Å². The van der Waals surface area contributed by atoms with Crippen molar-refractivity contribution in [2.75, 3.05) is 32.5 Å². The first kappa shape index (κ1) is 25.5. The summed E-state index contributed by atoms with van der Waals surface area (Å²) in [6.07, 6.45) is 5.63. The minimum Gasteiger partial charge on any atom is -0.506 e. The SMILES string of the molecule is CN(C)CCCN(C1CCCCC1)S(=O)(=O)c1cccc(C(=O)Nc2cc(Cl)ccc2O)c1. The Morgan fingerprint density at radius 2 is 1.82 bits per heavy atom. The number of aromatic hydroxyl groups is 1. The van der Waals surface area contributed by atoms with Crippen molar-refractivity contribution < 1.29 is 18.3 Å².